The van der Waals surface area contributed by atoms with Gasteiger partial charge < -0.3 is 14.8 Å². The Morgan fingerprint density at radius 2 is 2.57 bits per heavy atom. The molecule has 0 aromatic rings. The second kappa shape index (κ2) is 3.65. The fourth-order valence-corrected chi connectivity index (χ4v) is 1.94. The van der Waals surface area contributed by atoms with Crippen molar-refractivity contribution in [3.63, 3.8) is 0 Å². The number of rotatable bonds is 2. The molecule has 0 radical (unpaired) electrons. The molecule has 2 unspecified atom stereocenters. The van der Waals surface area contributed by atoms with Crippen molar-refractivity contribution in [1.29, 1.82) is 0 Å². The average molecular weight is 260 g/mol. The van der Waals surface area contributed by atoms with E-state index >= 15 is 0 Å². The van der Waals surface area contributed by atoms with E-state index in [1.807, 2.05) is 0 Å². The quantitative estimate of drug-likeness (QED) is 0.753. The lowest BCUT2D eigenvalue weighted by atomic mass is 10.2. The van der Waals surface area contributed by atoms with Gasteiger partial charge in [0.1, 0.15) is 17.8 Å². The number of carbonyl (C=O) groups is 1. The van der Waals surface area contributed by atoms with Crippen molar-refractivity contribution in [2.24, 2.45) is 0 Å². The standard InChI is InChI=1S/C9H10BrNO3/c1-2-13-9(12)6-3-7-8(11-6)5(10)4-14-7/h3-4,7-8,11H,2H2,1H3. The van der Waals surface area contributed by atoms with Crippen molar-refractivity contribution >= 4 is 21.9 Å². The second-order valence-corrected chi connectivity index (χ2v) is 3.94. The van der Waals surface area contributed by atoms with Crippen molar-refractivity contribution in [2.75, 3.05) is 6.61 Å². The van der Waals surface area contributed by atoms with Gasteiger partial charge in [0, 0.05) is 0 Å². The topological polar surface area (TPSA) is 47.6 Å². The van der Waals surface area contributed by atoms with Crippen LogP contribution in [0, 0.1) is 0 Å². The minimum absolute atomic E-state index is 0.0226. The largest absolute Gasteiger partial charge is 0.490 e. The van der Waals surface area contributed by atoms with Crippen molar-refractivity contribution in [3.8, 4) is 0 Å². The lowest BCUT2D eigenvalue weighted by Gasteiger charge is -2.10. The van der Waals surface area contributed by atoms with Crippen LogP contribution in [0.2, 0.25) is 0 Å². The Labute approximate surface area is 90.1 Å². The molecule has 5 heteroatoms. The van der Waals surface area contributed by atoms with E-state index in [1.54, 1.807) is 19.3 Å². The molecule has 76 valence electrons. The predicted molar refractivity (Wildman–Crippen MR) is 53.5 cm³/mol. The molecule has 0 bridgehead atoms. The minimum Gasteiger partial charge on any atom is -0.490 e. The van der Waals surface area contributed by atoms with Crippen LogP contribution in [0.15, 0.2) is 22.5 Å². The first-order chi connectivity index (χ1) is 6.72. The molecule has 2 rings (SSSR count). The summed E-state index contributed by atoms with van der Waals surface area (Å²) in [5, 5.41) is 3.03. The van der Waals surface area contributed by atoms with Crippen LogP contribution in [0.1, 0.15) is 6.92 Å². The number of esters is 1. The SMILES string of the molecule is CCOC(=O)C1=CC2OC=C(Br)C2N1. The summed E-state index contributed by atoms with van der Waals surface area (Å²) in [5.74, 6) is -0.328. The number of halogens is 1. The van der Waals surface area contributed by atoms with Crippen LogP contribution in [0.25, 0.3) is 0 Å². The van der Waals surface area contributed by atoms with Gasteiger partial charge in [-0.2, -0.15) is 0 Å². The van der Waals surface area contributed by atoms with E-state index < -0.39 is 0 Å². The maximum absolute atomic E-state index is 11.3. The molecule has 0 saturated heterocycles. The van der Waals surface area contributed by atoms with Crippen molar-refractivity contribution in [1.82, 2.24) is 5.32 Å². The Bertz CT molecular complexity index is 324. The molecule has 0 amide bonds. The van der Waals surface area contributed by atoms with Gasteiger partial charge in [0.05, 0.1) is 17.4 Å². The molecule has 0 spiro atoms. The highest BCUT2D eigenvalue weighted by molar-refractivity contribution is 9.11. The molecule has 4 nitrogen and oxygen atoms in total. The lowest BCUT2D eigenvalue weighted by Crippen LogP contribution is -2.31. The zero-order chi connectivity index (χ0) is 10.1. The molecule has 0 saturated carbocycles. The fraction of sp³-hybridized carbons (Fsp3) is 0.444. The van der Waals surface area contributed by atoms with Crippen molar-refractivity contribution in [2.45, 2.75) is 19.1 Å². The summed E-state index contributed by atoms with van der Waals surface area (Å²) in [6.45, 7) is 2.16. The molecule has 14 heavy (non-hydrogen) atoms. The summed E-state index contributed by atoms with van der Waals surface area (Å²) in [6.07, 6.45) is 3.29. The average Bonchev–Trinajstić information content (AvgIpc) is 2.69. The maximum atomic E-state index is 11.3. The summed E-state index contributed by atoms with van der Waals surface area (Å²) >= 11 is 3.35. The zero-order valence-corrected chi connectivity index (χ0v) is 9.21. The van der Waals surface area contributed by atoms with E-state index in [0.717, 1.165) is 4.48 Å². The van der Waals surface area contributed by atoms with E-state index in [2.05, 4.69) is 21.2 Å². The molecule has 0 aromatic heterocycles. The molecule has 2 atom stereocenters. The molecule has 2 heterocycles. The summed E-state index contributed by atoms with van der Waals surface area (Å²) in [7, 11) is 0. The van der Waals surface area contributed by atoms with Crippen molar-refractivity contribution in [3.05, 3.63) is 22.5 Å². The van der Waals surface area contributed by atoms with E-state index in [9.17, 15) is 4.79 Å². The Balaban J connectivity index is 2.03. The third kappa shape index (κ3) is 1.52. The summed E-state index contributed by atoms with van der Waals surface area (Å²) in [4.78, 5) is 11.3. The van der Waals surface area contributed by atoms with Crippen molar-refractivity contribution < 1.29 is 14.3 Å². The van der Waals surface area contributed by atoms with E-state index in [1.165, 1.54) is 0 Å². The maximum Gasteiger partial charge on any atom is 0.354 e. The summed E-state index contributed by atoms with van der Waals surface area (Å²) in [6, 6.07) is 0.0226. The van der Waals surface area contributed by atoms with Gasteiger partial charge in [-0.1, -0.05) is 0 Å². The Morgan fingerprint density at radius 3 is 3.21 bits per heavy atom. The van der Waals surface area contributed by atoms with Crippen LogP contribution in [-0.2, 0) is 14.3 Å². The molecule has 0 aromatic carbocycles. The highest BCUT2D eigenvalue weighted by Gasteiger charge is 2.36. The first kappa shape index (κ1) is 9.58. The highest BCUT2D eigenvalue weighted by Crippen LogP contribution is 2.29. The molecule has 1 N–H and O–H groups in total. The number of hydrogen-bond acceptors (Lipinski definition) is 4. The van der Waals surface area contributed by atoms with Gasteiger partial charge in [0.2, 0.25) is 0 Å². The Morgan fingerprint density at radius 1 is 1.79 bits per heavy atom. The Kier molecular flexibility index (Phi) is 2.50. The van der Waals surface area contributed by atoms with Gasteiger partial charge in [0.25, 0.3) is 0 Å². The highest BCUT2D eigenvalue weighted by atomic mass is 79.9. The van der Waals surface area contributed by atoms with Crippen LogP contribution in [-0.4, -0.2) is 24.7 Å². The lowest BCUT2D eigenvalue weighted by molar-refractivity contribution is -0.138. The van der Waals surface area contributed by atoms with E-state index in [-0.39, 0.29) is 18.1 Å². The molecule has 0 fully saturated rings. The molecular formula is C9H10BrNO3. The molecular weight excluding hydrogens is 250 g/mol. The number of nitrogens with one attached hydrogen (secondary N) is 1. The number of fused-ring (bicyclic) bond motifs is 1. The molecule has 2 aliphatic rings. The third-order valence-electron chi connectivity index (χ3n) is 2.10. The molecule has 2 aliphatic heterocycles. The van der Waals surface area contributed by atoms with Gasteiger partial charge in [-0.05, 0) is 28.9 Å². The number of hydrogen-bond donors (Lipinski definition) is 1. The summed E-state index contributed by atoms with van der Waals surface area (Å²) < 4.78 is 11.1. The van der Waals surface area contributed by atoms with Crippen LogP contribution in [0.4, 0.5) is 0 Å². The summed E-state index contributed by atoms with van der Waals surface area (Å²) in [5.41, 5.74) is 0.479. The second-order valence-electron chi connectivity index (χ2n) is 3.03. The predicted octanol–water partition coefficient (Wildman–Crippen LogP) is 1.04. The fourth-order valence-electron chi connectivity index (χ4n) is 1.45. The number of carbonyl (C=O) groups excluding carboxylic acids is 1. The first-order valence-corrected chi connectivity index (χ1v) is 5.18. The van der Waals surface area contributed by atoms with Crippen LogP contribution >= 0.6 is 15.9 Å². The van der Waals surface area contributed by atoms with E-state index in [4.69, 9.17) is 9.47 Å². The monoisotopic (exact) mass is 259 g/mol. The normalized spacial score (nSPS) is 28.4. The van der Waals surface area contributed by atoms with Gasteiger partial charge in [-0.15, -0.1) is 0 Å². The smallest absolute Gasteiger partial charge is 0.354 e. The van der Waals surface area contributed by atoms with Gasteiger partial charge >= 0.3 is 5.97 Å². The van der Waals surface area contributed by atoms with Gasteiger partial charge in [-0.3, -0.25) is 0 Å². The van der Waals surface area contributed by atoms with Crippen LogP contribution in [0.3, 0.4) is 0 Å². The van der Waals surface area contributed by atoms with Crippen LogP contribution in [0.5, 0.6) is 0 Å². The van der Waals surface area contributed by atoms with Gasteiger partial charge in [0.15, 0.2) is 0 Å². The van der Waals surface area contributed by atoms with Crippen LogP contribution < -0.4 is 5.32 Å². The Hall–Kier alpha value is -0.970. The minimum atomic E-state index is -0.328. The molecule has 0 aliphatic carbocycles. The number of ether oxygens (including phenoxy) is 2. The first-order valence-electron chi connectivity index (χ1n) is 4.39. The third-order valence-corrected chi connectivity index (χ3v) is 2.78. The van der Waals surface area contributed by atoms with Gasteiger partial charge in [-0.25, -0.2) is 4.79 Å². The van der Waals surface area contributed by atoms with E-state index in [0.29, 0.717) is 12.3 Å². The zero-order valence-electron chi connectivity index (χ0n) is 7.62.